The minimum Gasteiger partial charge on any atom is -0.494 e. The van der Waals surface area contributed by atoms with Crippen molar-refractivity contribution in [3.05, 3.63) is 18.2 Å². The number of rotatable bonds is 5. The lowest BCUT2D eigenvalue weighted by molar-refractivity contribution is 0.316. The van der Waals surface area contributed by atoms with Gasteiger partial charge in [-0.3, -0.25) is 0 Å². The Bertz CT molecular complexity index is 537. The summed E-state index contributed by atoms with van der Waals surface area (Å²) in [5.41, 5.74) is 0.633. The molecular formula is C12H17BO5S. The van der Waals surface area contributed by atoms with Crippen LogP contribution in [0.3, 0.4) is 0 Å². The lowest BCUT2D eigenvalue weighted by Crippen LogP contribution is -2.33. The molecule has 0 unspecified atom stereocenters. The quantitative estimate of drug-likeness (QED) is 0.742. The molecule has 1 saturated heterocycles. The first-order valence-corrected chi connectivity index (χ1v) is 8.11. The van der Waals surface area contributed by atoms with Crippen LogP contribution in [-0.2, 0) is 19.1 Å². The molecule has 19 heavy (non-hydrogen) atoms. The molecule has 0 N–H and O–H groups in total. The third-order valence-electron chi connectivity index (χ3n) is 2.75. The van der Waals surface area contributed by atoms with Crippen molar-refractivity contribution in [3.63, 3.8) is 0 Å². The highest BCUT2D eigenvalue weighted by Gasteiger charge is 2.30. The van der Waals surface area contributed by atoms with E-state index in [9.17, 15) is 8.42 Å². The molecular weight excluding hydrogens is 267 g/mol. The smallest absolute Gasteiger partial charge is 0.494 e. The predicted molar refractivity (Wildman–Crippen MR) is 72.6 cm³/mol. The standard InChI is InChI=1S/C12H17BO5S/c1-3-6-16-12-5-4-10(19(2,14)15)9-11(12)13-17-7-8-18-13/h4-5,9H,3,6-8H2,1-2H3. The number of ether oxygens (including phenoxy) is 1. The predicted octanol–water partition coefficient (Wildman–Crippen LogP) is 0.621. The summed E-state index contributed by atoms with van der Waals surface area (Å²) in [6.07, 6.45) is 2.05. The van der Waals surface area contributed by atoms with E-state index < -0.39 is 17.0 Å². The Morgan fingerprint density at radius 3 is 2.58 bits per heavy atom. The minimum atomic E-state index is -3.26. The van der Waals surface area contributed by atoms with Crippen molar-refractivity contribution in [3.8, 4) is 5.75 Å². The van der Waals surface area contributed by atoms with Gasteiger partial charge in [-0.05, 0) is 24.6 Å². The second-order valence-electron chi connectivity index (χ2n) is 4.39. The molecule has 0 spiro atoms. The monoisotopic (exact) mass is 284 g/mol. The maximum atomic E-state index is 11.6. The second-order valence-corrected chi connectivity index (χ2v) is 6.41. The van der Waals surface area contributed by atoms with Gasteiger partial charge < -0.3 is 14.0 Å². The van der Waals surface area contributed by atoms with Crippen LogP contribution in [0, 0.1) is 0 Å². The normalized spacial score (nSPS) is 15.8. The first kappa shape index (κ1) is 14.4. The average molecular weight is 284 g/mol. The summed E-state index contributed by atoms with van der Waals surface area (Å²) < 4.78 is 39.7. The van der Waals surface area contributed by atoms with Gasteiger partial charge in [0, 0.05) is 11.7 Å². The van der Waals surface area contributed by atoms with E-state index in [2.05, 4.69) is 0 Å². The van der Waals surface area contributed by atoms with E-state index in [-0.39, 0.29) is 4.90 Å². The topological polar surface area (TPSA) is 61.8 Å². The number of sulfone groups is 1. The van der Waals surface area contributed by atoms with Crippen LogP contribution < -0.4 is 10.2 Å². The molecule has 1 aromatic rings. The molecule has 1 heterocycles. The fourth-order valence-corrected chi connectivity index (χ4v) is 2.48. The summed E-state index contributed by atoms with van der Waals surface area (Å²) in [6, 6.07) is 4.77. The highest BCUT2D eigenvalue weighted by molar-refractivity contribution is 7.90. The first-order valence-electron chi connectivity index (χ1n) is 6.22. The van der Waals surface area contributed by atoms with Gasteiger partial charge >= 0.3 is 7.12 Å². The summed E-state index contributed by atoms with van der Waals surface area (Å²) in [6.45, 7) is 3.58. The van der Waals surface area contributed by atoms with Gasteiger partial charge in [0.1, 0.15) is 5.75 Å². The molecule has 0 radical (unpaired) electrons. The van der Waals surface area contributed by atoms with Crippen LogP contribution >= 0.6 is 0 Å². The van der Waals surface area contributed by atoms with E-state index in [1.807, 2.05) is 6.92 Å². The molecule has 0 amide bonds. The summed E-state index contributed by atoms with van der Waals surface area (Å²) in [4.78, 5) is 0.241. The third-order valence-corrected chi connectivity index (χ3v) is 3.86. The summed E-state index contributed by atoms with van der Waals surface area (Å²) in [5, 5.41) is 0. The van der Waals surface area contributed by atoms with Crippen LogP contribution in [0.25, 0.3) is 0 Å². The molecule has 5 nitrogen and oxygen atoms in total. The zero-order valence-corrected chi connectivity index (χ0v) is 11.9. The van der Waals surface area contributed by atoms with Gasteiger partial charge in [0.25, 0.3) is 0 Å². The lowest BCUT2D eigenvalue weighted by atomic mass is 9.79. The first-order chi connectivity index (χ1) is 9.02. The van der Waals surface area contributed by atoms with Crippen molar-refractivity contribution in [2.75, 3.05) is 26.1 Å². The van der Waals surface area contributed by atoms with E-state index in [1.54, 1.807) is 18.2 Å². The lowest BCUT2D eigenvalue weighted by Gasteiger charge is -2.13. The SMILES string of the molecule is CCCOc1ccc(S(C)(=O)=O)cc1B1OCCO1. The Hall–Kier alpha value is -1.05. The van der Waals surface area contributed by atoms with Gasteiger partial charge in [0.15, 0.2) is 9.84 Å². The largest absolute Gasteiger partial charge is 0.497 e. The van der Waals surface area contributed by atoms with Crippen molar-refractivity contribution in [1.82, 2.24) is 0 Å². The van der Waals surface area contributed by atoms with E-state index >= 15 is 0 Å². The van der Waals surface area contributed by atoms with Crippen molar-refractivity contribution in [1.29, 1.82) is 0 Å². The van der Waals surface area contributed by atoms with Crippen molar-refractivity contribution < 1.29 is 22.5 Å². The van der Waals surface area contributed by atoms with Crippen LogP contribution in [0.2, 0.25) is 0 Å². The van der Waals surface area contributed by atoms with Crippen molar-refractivity contribution in [2.45, 2.75) is 18.2 Å². The number of hydrogen-bond donors (Lipinski definition) is 0. The van der Waals surface area contributed by atoms with Gasteiger partial charge in [0.05, 0.1) is 24.7 Å². The minimum absolute atomic E-state index is 0.241. The zero-order chi connectivity index (χ0) is 13.9. The highest BCUT2D eigenvalue weighted by atomic mass is 32.2. The maximum Gasteiger partial charge on any atom is 0.497 e. The van der Waals surface area contributed by atoms with Crippen LogP contribution in [0.15, 0.2) is 23.1 Å². The summed E-state index contributed by atoms with van der Waals surface area (Å²) in [7, 11) is -3.81. The van der Waals surface area contributed by atoms with E-state index in [0.717, 1.165) is 6.42 Å². The molecule has 104 valence electrons. The fourth-order valence-electron chi connectivity index (χ4n) is 1.82. The molecule has 0 atom stereocenters. The van der Waals surface area contributed by atoms with Gasteiger partial charge in [0.2, 0.25) is 0 Å². The van der Waals surface area contributed by atoms with Crippen LogP contribution in [0.1, 0.15) is 13.3 Å². The van der Waals surface area contributed by atoms with Crippen LogP contribution in [-0.4, -0.2) is 41.6 Å². The summed E-state index contributed by atoms with van der Waals surface area (Å²) >= 11 is 0. The average Bonchev–Trinajstić information content (AvgIpc) is 2.88. The molecule has 1 aliphatic heterocycles. The Kier molecular flexibility index (Phi) is 4.49. The van der Waals surface area contributed by atoms with Crippen LogP contribution in [0.5, 0.6) is 5.75 Å². The van der Waals surface area contributed by atoms with Crippen LogP contribution in [0.4, 0.5) is 0 Å². The molecule has 2 rings (SSSR count). The van der Waals surface area contributed by atoms with E-state index in [1.165, 1.54) is 6.26 Å². The molecule has 1 fully saturated rings. The molecule has 1 aliphatic rings. The zero-order valence-electron chi connectivity index (χ0n) is 11.1. The van der Waals surface area contributed by atoms with Gasteiger partial charge in [-0.2, -0.15) is 0 Å². The third kappa shape index (κ3) is 3.49. The van der Waals surface area contributed by atoms with Crippen molar-refractivity contribution >= 4 is 22.4 Å². The molecule has 7 heteroatoms. The fraction of sp³-hybridized carbons (Fsp3) is 0.500. The molecule has 0 aromatic heterocycles. The Balaban J connectivity index is 2.37. The van der Waals surface area contributed by atoms with Gasteiger partial charge in [-0.25, -0.2) is 8.42 Å². The van der Waals surface area contributed by atoms with Crippen molar-refractivity contribution in [2.24, 2.45) is 0 Å². The Morgan fingerprint density at radius 1 is 1.32 bits per heavy atom. The molecule has 0 aliphatic carbocycles. The molecule has 0 bridgehead atoms. The van der Waals surface area contributed by atoms with Gasteiger partial charge in [-0.15, -0.1) is 0 Å². The van der Waals surface area contributed by atoms with E-state index in [4.69, 9.17) is 14.0 Å². The maximum absolute atomic E-state index is 11.6. The second kappa shape index (κ2) is 5.94. The molecule has 0 saturated carbocycles. The number of benzene rings is 1. The van der Waals surface area contributed by atoms with E-state index in [0.29, 0.717) is 31.0 Å². The Morgan fingerprint density at radius 2 is 2.00 bits per heavy atom. The highest BCUT2D eigenvalue weighted by Crippen LogP contribution is 2.17. The molecule has 1 aromatic carbocycles. The summed E-state index contributed by atoms with van der Waals surface area (Å²) in [5.74, 6) is 0.612. The Labute approximate surface area is 113 Å². The van der Waals surface area contributed by atoms with Gasteiger partial charge in [-0.1, -0.05) is 6.92 Å². The number of hydrogen-bond acceptors (Lipinski definition) is 5.